The smallest absolute Gasteiger partial charge is 0.433 e. The van der Waals surface area contributed by atoms with Crippen molar-refractivity contribution in [3.63, 3.8) is 0 Å². The van der Waals surface area contributed by atoms with Crippen LogP contribution in [-0.2, 0) is 22.8 Å². The molecule has 7 nitrogen and oxygen atoms in total. The molecular weight excluding hydrogens is 359 g/mol. The predicted molar refractivity (Wildman–Crippen MR) is 84.6 cm³/mol. The van der Waals surface area contributed by atoms with Crippen LogP contribution in [-0.4, -0.2) is 44.1 Å². The molecule has 0 unspecified atom stereocenters. The van der Waals surface area contributed by atoms with E-state index in [9.17, 15) is 18.0 Å². The monoisotopic (exact) mass is 375 g/mol. The summed E-state index contributed by atoms with van der Waals surface area (Å²) in [4.78, 5) is 19.1. The summed E-state index contributed by atoms with van der Waals surface area (Å²) < 4.78 is 45.4. The molecule has 2 aromatic heterocycles. The van der Waals surface area contributed by atoms with Gasteiger partial charge in [0.1, 0.15) is 11.7 Å². The number of carbonyl (C=O) groups is 1. The van der Waals surface area contributed by atoms with Crippen molar-refractivity contribution in [3.8, 4) is 11.3 Å². The SMILES string of the molecule is CCOC(=O)[C@@H](N)CSc1nc(-c2cnn(C)c2)cc(C(F)(F)F)n1. The summed E-state index contributed by atoms with van der Waals surface area (Å²) in [6.45, 7) is 1.80. The van der Waals surface area contributed by atoms with Crippen molar-refractivity contribution in [3.05, 3.63) is 24.2 Å². The number of rotatable bonds is 6. The molecule has 0 amide bonds. The topological polar surface area (TPSA) is 95.9 Å². The lowest BCUT2D eigenvalue weighted by Crippen LogP contribution is -2.34. The Kier molecular flexibility index (Phi) is 6.01. The van der Waals surface area contributed by atoms with Gasteiger partial charge in [-0.05, 0) is 13.0 Å². The summed E-state index contributed by atoms with van der Waals surface area (Å²) in [5, 5.41) is 3.79. The highest BCUT2D eigenvalue weighted by Crippen LogP contribution is 2.31. The number of halogens is 3. The van der Waals surface area contributed by atoms with Crippen molar-refractivity contribution >= 4 is 17.7 Å². The van der Waals surface area contributed by atoms with Crippen LogP contribution >= 0.6 is 11.8 Å². The maximum Gasteiger partial charge on any atom is 0.433 e. The van der Waals surface area contributed by atoms with Crippen molar-refractivity contribution in [1.82, 2.24) is 19.7 Å². The second-order valence-corrected chi connectivity index (χ2v) is 5.98. The van der Waals surface area contributed by atoms with Gasteiger partial charge in [-0.3, -0.25) is 9.48 Å². The van der Waals surface area contributed by atoms with Gasteiger partial charge in [-0.2, -0.15) is 18.3 Å². The van der Waals surface area contributed by atoms with E-state index in [2.05, 4.69) is 15.1 Å². The lowest BCUT2D eigenvalue weighted by Gasteiger charge is -2.12. The summed E-state index contributed by atoms with van der Waals surface area (Å²) in [5.41, 5.74) is 5.07. The number of esters is 1. The fraction of sp³-hybridized carbons (Fsp3) is 0.429. The quantitative estimate of drug-likeness (QED) is 0.468. The van der Waals surface area contributed by atoms with Crippen LogP contribution in [0, 0.1) is 0 Å². The Hall–Kier alpha value is -2.14. The van der Waals surface area contributed by atoms with Gasteiger partial charge in [0.15, 0.2) is 5.16 Å². The minimum Gasteiger partial charge on any atom is -0.465 e. The Morgan fingerprint density at radius 3 is 2.72 bits per heavy atom. The molecule has 0 aliphatic rings. The van der Waals surface area contributed by atoms with Crippen LogP contribution in [0.4, 0.5) is 13.2 Å². The van der Waals surface area contributed by atoms with Crippen molar-refractivity contribution in [2.24, 2.45) is 12.8 Å². The van der Waals surface area contributed by atoms with Gasteiger partial charge in [0.05, 0.1) is 18.5 Å². The maximum atomic E-state index is 13.1. The zero-order valence-corrected chi connectivity index (χ0v) is 14.3. The van der Waals surface area contributed by atoms with Gasteiger partial charge in [-0.1, -0.05) is 11.8 Å². The van der Waals surface area contributed by atoms with Crippen LogP contribution in [0.1, 0.15) is 12.6 Å². The molecule has 0 aromatic carbocycles. The first-order chi connectivity index (χ1) is 11.7. The Bertz CT molecular complexity index is 750. The van der Waals surface area contributed by atoms with E-state index >= 15 is 0 Å². The number of alkyl halides is 3. The van der Waals surface area contributed by atoms with Crippen LogP contribution in [0.3, 0.4) is 0 Å². The lowest BCUT2D eigenvalue weighted by molar-refractivity contribution is -0.144. The molecule has 0 aliphatic carbocycles. The molecule has 2 heterocycles. The molecule has 0 saturated carbocycles. The first-order valence-corrected chi connectivity index (χ1v) is 8.19. The molecule has 11 heteroatoms. The van der Waals surface area contributed by atoms with Gasteiger partial charge in [-0.25, -0.2) is 9.97 Å². The Morgan fingerprint density at radius 2 is 2.16 bits per heavy atom. The number of aromatic nitrogens is 4. The van der Waals surface area contributed by atoms with E-state index in [4.69, 9.17) is 10.5 Å². The number of hydrogen-bond acceptors (Lipinski definition) is 7. The molecule has 0 fully saturated rings. The van der Waals surface area contributed by atoms with E-state index in [0.717, 1.165) is 17.8 Å². The number of carbonyl (C=O) groups excluding carboxylic acids is 1. The third kappa shape index (κ3) is 5.16. The minimum absolute atomic E-state index is 0.00732. The van der Waals surface area contributed by atoms with Gasteiger partial charge in [0.2, 0.25) is 0 Å². The summed E-state index contributed by atoms with van der Waals surface area (Å²) >= 11 is 0.853. The molecule has 0 spiro atoms. The molecular formula is C14H16F3N5O2S. The average Bonchev–Trinajstić information content (AvgIpc) is 2.98. The van der Waals surface area contributed by atoms with Crippen molar-refractivity contribution in [1.29, 1.82) is 0 Å². The summed E-state index contributed by atoms with van der Waals surface area (Å²) in [7, 11) is 1.64. The number of ether oxygens (including phenoxy) is 1. The Labute approximate surface area is 145 Å². The summed E-state index contributed by atoms with van der Waals surface area (Å²) in [5.74, 6) is -0.637. The van der Waals surface area contributed by atoms with Gasteiger partial charge < -0.3 is 10.5 Å². The third-order valence-electron chi connectivity index (χ3n) is 2.98. The van der Waals surface area contributed by atoms with Crippen LogP contribution in [0.2, 0.25) is 0 Å². The largest absolute Gasteiger partial charge is 0.465 e. The van der Waals surface area contributed by atoms with E-state index in [0.29, 0.717) is 5.56 Å². The van der Waals surface area contributed by atoms with Crippen molar-refractivity contribution < 1.29 is 22.7 Å². The second kappa shape index (κ2) is 7.83. The van der Waals surface area contributed by atoms with Gasteiger partial charge in [0.25, 0.3) is 0 Å². The highest BCUT2D eigenvalue weighted by atomic mass is 32.2. The molecule has 2 aromatic rings. The average molecular weight is 375 g/mol. The van der Waals surface area contributed by atoms with E-state index in [1.54, 1.807) is 20.2 Å². The van der Waals surface area contributed by atoms with E-state index < -0.39 is 23.9 Å². The third-order valence-corrected chi connectivity index (χ3v) is 3.94. The molecule has 136 valence electrons. The fourth-order valence-corrected chi connectivity index (χ4v) is 2.61. The van der Waals surface area contributed by atoms with Gasteiger partial charge in [-0.15, -0.1) is 0 Å². The van der Waals surface area contributed by atoms with Crippen molar-refractivity contribution in [2.45, 2.75) is 24.3 Å². The number of aryl methyl sites for hydroxylation is 1. The molecule has 0 bridgehead atoms. The number of nitrogens with zero attached hydrogens (tertiary/aromatic N) is 4. The number of thioether (sulfide) groups is 1. The molecule has 1 atom stereocenters. The first kappa shape index (κ1) is 19.2. The zero-order valence-electron chi connectivity index (χ0n) is 13.4. The van der Waals surface area contributed by atoms with E-state index in [1.165, 1.54) is 10.9 Å². The lowest BCUT2D eigenvalue weighted by atomic mass is 10.2. The van der Waals surface area contributed by atoms with E-state index in [1.807, 2.05) is 0 Å². The van der Waals surface area contributed by atoms with Crippen LogP contribution < -0.4 is 5.73 Å². The molecule has 2 rings (SSSR count). The minimum atomic E-state index is -4.63. The molecule has 25 heavy (non-hydrogen) atoms. The van der Waals surface area contributed by atoms with Crippen LogP contribution in [0.15, 0.2) is 23.6 Å². The van der Waals surface area contributed by atoms with Crippen molar-refractivity contribution in [2.75, 3.05) is 12.4 Å². The summed E-state index contributed by atoms with van der Waals surface area (Å²) in [6, 6.07) is -0.128. The molecule has 0 saturated heterocycles. The second-order valence-electron chi connectivity index (χ2n) is 4.99. The van der Waals surface area contributed by atoms with Gasteiger partial charge >= 0.3 is 12.1 Å². The zero-order chi connectivity index (χ0) is 18.6. The highest BCUT2D eigenvalue weighted by Gasteiger charge is 2.34. The summed E-state index contributed by atoms with van der Waals surface area (Å²) in [6.07, 6.45) is -1.68. The molecule has 2 N–H and O–H groups in total. The number of nitrogens with two attached hydrogens (primary N) is 1. The first-order valence-electron chi connectivity index (χ1n) is 7.21. The maximum absolute atomic E-state index is 13.1. The molecule has 0 aliphatic heterocycles. The number of hydrogen-bond donors (Lipinski definition) is 1. The molecule has 0 radical (unpaired) electrons. The Morgan fingerprint density at radius 1 is 1.44 bits per heavy atom. The van der Waals surface area contributed by atoms with Crippen LogP contribution in [0.5, 0.6) is 0 Å². The predicted octanol–water partition coefficient (Wildman–Crippen LogP) is 1.88. The normalized spacial score (nSPS) is 12.9. The standard InChI is InChI=1S/C14H16F3N5O2S/c1-3-24-12(23)9(18)7-25-13-20-10(8-5-19-22(2)6-8)4-11(21-13)14(15,16)17/h4-6,9H,3,7,18H2,1-2H3/t9-/m0/s1. The fourth-order valence-electron chi connectivity index (χ4n) is 1.82. The van der Waals surface area contributed by atoms with E-state index in [-0.39, 0.29) is 23.2 Å². The highest BCUT2D eigenvalue weighted by molar-refractivity contribution is 7.99. The van der Waals surface area contributed by atoms with Crippen LogP contribution in [0.25, 0.3) is 11.3 Å². The van der Waals surface area contributed by atoms with Gasteiger partial charge in [0, 0.05) is 24.6 Å². The Balaban J connectivity index is 2.26.